The first-order chi connectivity index (χ1) is 8.58. The van der Waals surface area contributed by atoms with Gasteiger partial charge in [-0.2, -0.15) is 0 Å². The Morgan fingerprint density at radius 3 is 2.33 bits per heavy atom. The molecule has 2 heteroatoms. The van der Waals surface area contributed by atoms with E-state index in [1.807, 2.05) is 12.1 Å². The average Bonchev–Trinajstić information content (AvgIpc) is 2.36. The molecule has 1 atom stereocenters. The van der Waals surface area contributed by atoms with Crippen molar-refractivity contribution in [3.05, 3.63) is 41.5 Å². The zero-order valence-corrected chi connectivity index (χ0v) is 12.2. The molecule has 1 aromatic rings. The fraction of sp³-hybridized carbons (Fsp3) is 0.500. The molecular formula is C16H25NO. The summed E-state index contributed by atoms with van der Waals surface area (Å²) in [5.41, 5.74) is 2.66. The van der Waals surface area contributed by atoms with Gasteiger partial charge in [-0.15, -0.1) is 0 Å². The van der Waals surface area contributed by atoms with E-state index in [-0.39, 0.29) is 6.04 Å². The minimum Gasteiger partial charge on any atom is -0.497 e. The molecule has 0 fully saturated rings. The summed E-state index contributed by atoms with van der Waals surface area (Å²) >= 11 is 0. The molecule has 0 heterocycles. The lowest BCUT2D eigenvalue weighted by atomic mass is 9.98. The second-order valence-corrected chi connectivity index (χ2v) is 4.88. The molecular weight excluding hydrogens is 222 g/mol. The lowest BCUT2D eigenvalue weighted by molar-refractivity contribution is 0.414. The molecule has 18 heavy (non-hydrogen) atoms. The first-order valence-electron chi connectivity index (χ1n) is 6.65. The molecule has 1 N–H and O–H groups in total. The molecule has 1 aromatic carbocycles. The minimum absolute atomic E-state index is 0.288. The van der Waals surface area contributed by atoms with Crippen LogP contribution in [0.1, 0.15) is 45.7 Å². The highest BCUT2D eigenvalue weighted by atomic mass is 16.5. The standard InChI is InChI=1S/C16H25NO/c1-6-7-13(4)16(17-12(2)3)14-8-10-15(18-5)11-9-14/h7-12,16-17H,6H2,1-5H3. The normalized spacial score (nSPS) is 13.8. The van der Waals surface area contributed by atoms with Gasteiger partial charge >= 0.3 is 0 Å². The Morgan fingerprint density at radius 1 is 1.28 bits per heavy atom. The van der Waals surface area contributed by atoms with Gasteiger partial charge in [0.15, 0.2) is 0 Å². The van der Waals surface area contributed by atoms with Crippen LogP contribution in [-0.4, -0.2) is 13.2 Å². The predicted molar refractivity (Wildman–Crippen MR) is 78.1 cm³/mol. The van der Waals surface area contributed by atoms with Gasteiger partial charge in [-0.1, -0.05) is 30.7 Å². The Kier molecular flexibility index (Phi) is 5.93. The third-order valence-electron chi connectivity index (χ3n) is 2.93. The van der Waals surface area contributed by atoms with E-state index in [1.54, 1.807) is 7.11 Å². The zero-order chi connectivity index (χ0) is 13.5. The Labute approximate surface area is 111 Å². The quantitative estimate of drug-likeness (QED) is 0.764. The molecule has 0 saturated heterocycles. The van der Waals surface area contributed by atoms with Gasteiger partial charge in [-0.25, -0.2) is 0 Å². The van der Waals surface area contributed by atoms with Crippen LogP contribution in [0.2, 0.25) is 0 Å². The molecule has 2 nitrogen and oxygen atoms in total. The van der Waals surface area contributed by atoms with Crippen LogP contribution in [0.3, 0.4) is 0 Å². The molecule has 0 aliphatic rings. The summed E-state index contributed by atoms with van der Waals surface area (Å²) < 4.78 is 5.20. The highest BCUT2D eigenvalue weighted by molar-refractivity contribution is 5.33. The first-order valence-corrected chi connectivity index (χ1v) is 6.65. The van der Waals surface area contributed by atoms with Gasteiger partial charge in [0.2, 0.25) is 0 Å². The number of allylic oxidation sites excluding steroid dienone is 1. The van der Waals surface area contributed by atoms with Crippen LogP contribution in [0.4, 0.5) is 0 Å². The van der Waals surface area contributed by atoms with Gasteiger partial charge in [-0.3, -0.25) is 0 Å². The van der Waals surface area contributed by atoms with E-state index in [2.05, 4.69) is 51.2 Å². The van der Waals surface area contributed by atoms with E-state index in [4.69, 9.17) is 4.74 Å². The van der Waals surface area contributed by atoms with E-state index >= 15 is 0 Å². The van der Waals surface area contributed by atoms with Gasteiger partial charge < -0.3 is 10.1 Å². The Hall–Kier alpha value is -1.28. The second-order valence-electron chi connectivity index (χ2n) is 4.88. The Balaban J connectivity index is 2.97. The van der Waals surface area contributed by atoms with E-state index in [1.165, 1.54) is 11.1 Å². The lowest BCUT2D eigenvalue weighted by Crippen LogP contribution is -2.28. The predicted octanol–water partition coefficient (Wildman–Crippen LogP) is 4.09. The van der Waals surface area contributed by atoms with E-state index in [9.17, 15) is 0 Å². The third kappa shape index (κ3) is 4.19. The van der Waals surface area contributed by atoms with E-state index in [0.717, 1.165) is 12.2 Å². The van der Waals surface area contributed by atoms with Crippen LogP contribution in [-0.2, 0) is 0 Å². The van der Waals surface area contributed by atoms with Crippen LogP contribution in [0, 0.1) is 0 Å². The van der Waals surface area contributed by atoms with Crippen molar-refractivity contribution >= 4 is 0 Å². The third-order valence-corrected chi connectivity index (χ3v) is 2.93. The Morgan fingerprint density at radius 2 is 1.89 bits per heavy atom. The van der Waals surface area contributed by atoms with Crippen LogP contribution in [0.25, 0.3) is 0 Å². The summed E-state index contributed by atoms with van der Waals surface area (Å²) in [7, 11) is 1.70. The fourth-order valence-corrected chi connectivity index (χ4v) is 2.06. The first kappa shape index (κ1) is 14.8. The average molecular weight is 247 g/mol. The summed E-state index contributed by atoms with van der Waals surface area (Å²) in [6, 6.07) is 9.04. The molecule has 100 valence electrons. The highest BCUT2D eigenvalue weighted by Crippen LogP contribution is 2.24. The Bertz CT molecular complexity index is 379. The smallest absolute Gasteiger partial charge is 0.118 e. The van der Waals surface area contributed by atoms with Crippen LogP contribution < -0.4 is 10.1 Å². The summed E-state index contributed by atoms with van der Waals surface area (Å²) in [6.45, 7) is 8.71. The molecule has 0 aliphatic heterocycles. The molecule has 0 aliphatic carbocycles. The minimum atomic E-state index is 0.288. The number of ether oxygens (including phenoxy) is 1. The number of methoxy groups -OCH3 is 1. The van der Waals surface area contributed by atoms with Gasteiger partial charge in [0.25, 0.3) is 0 Å². The van der Waals surface area contributed by atoms with Crippen LogP contribution in [0.5, 0.6) is 5.75 Å². The van der Waals surface area contributed by atoms with Crippen molar-refractivity contribution in [3.8, 4) is 5.75 Å². The van der Waals surface area contributed by atoms with Crippen molar-refractivity contribution in [3.63, 3.8) is 0 Å². The molecule has 0 aromatic heterocycles. The number of rotatable bonds is 6. The maximum absolute atomic E-state index is 5.20. The maximum atomic E-state index is 5.20. The second kappa shape index (κ2) is 7.22. The van der Waals surface area contributed by atoms with Crippen LogP contribution in [0.15, 0.2) is 35.9 Å². The van der Waals surface area contributed by atoms with Gasteiger partial charge in [0.1, 0.15) is 5.75 Å². The molecule has 1 unspecified atom stereocenters. The van der Waals surface area contributed by atoms with E-state index in [0.29, 0.717) is 6.04 Å². The zero-order valence-electron chi connectivity index (χ0n) is 12.2. The highest BCUT2D eigenvalue weighted by Gasteiger charge is 2.14. The lowest BCUT2D eigenvalue weighted by Gasteiger charge is -2.23. The number of hydrogen-bond donors (Lipinski definition) is 1. The summed E-state index contributed by atoms with van der Waals surface area (Å²) in [6.07, 6.45) is 3.35. The van der Waals surface area contributed by atoms with Gasteiger partial charge in [0, 0.05) is 6.04 Å². The van der Waals surface area contributed by atoms with E-state index < -0.39 is 0 Å². The summed E-state index contributed by atoms with van der Waals surface area (Å²) in [5, 5.41) is 3.61. The molecule has 0 radical (unpaired) electrons. The molecule has 0 spiro atoms. The summed E-state index contributed by atoms with van der Waals surface area (Å²) in [4.78, 5) is 0. The molecule has 1 rings (SSSR count). The van der Waals surface area contributed by atoms with Crippen molar-refractivity contribution in [2.24, 2.45) is 0 Å². The van der Waals surface area contributed by atoms with Crippen LogP contribution >= 0.6 is 0 Å². The van der Waals surface area contributed by atoms with Crippen molar-refractivity contribution < 1.29 is 4.74 Å². The number of hydrogen-bond acceptors (Lipinski definition) is 2. The molecule has 0 saturated carbocycles. The monoisotopic (exact) mass is 247 g/mol. The number of nitrogens with one attached hydrogen (secondary N) is 1. The fourth-order valence-electron chi connectivity index (χ4n) is 2.06. The van der Waals surface area contributed by atoms with Gasteiger partial charge in [0.05, 0.1) is 13.2 Å². The summed E-state index contributed by atoms with van der Waals surface area (Å²) in [5.74, 6) is 0.902. The van der Waals surface area contributed by atoms with Crippen molar-refractivity contribution in [1.29, 1.82) is 0 Å². The van der Waals surface area contributed by atoms with Crippen molar-refractivity contribution in [2.75, 3.05) is 7.11 Å². The largest absolute Gasteiger partial charge is 0.497 e. The number of benzene rings is 1. The molecule has 0 bridgehead atoms. The van der Waals surface area contributed by atoms with Crippen molar-refractivity contribution in [1.82, 2.24) is 5.32 Å². The van der Waals surface area contributed by atoms with Crippen molar-refractivity contribution in [2.45, 2.75) is 46.2 Å². The topological polar surface area (TPSA) is 21.3 Å². The van der Waals surface area contributed by atoms with Gasteiger partial charge in [-0.05, 0) is 44.9 Å². The molecule has 0 amide bonds. The SMILES string of the molecule is CCC=C(C)C(NC(C)C)c1ccc(OC)cc1. The maximum Gasteiger partial charge on any atom is 0.118 e.